The number of nitro benzene ring substituents is 1. The van der Waals surface area contributed by atoms with Crippen LogP contribution in [0.2, 0.25) is 0 Å². The molecule has 0 amide bonds. The first-order valence-corrected chi connectivity index (χ1v) is 15.1. The molecule has 1 aliphatic rings. The van der Waals surface area contributed by atoms with Gasteiger partial charge in [0.2, 0.25) is 10.0 Å². The summed E-state index contributed by atoms with van der Waals surface area (Å²) in [5.74, 6) is 1.39. The van der Waals surface area contributed by atoms with E-state index in [-0.39, 0.29) is 17.1 Å². The van der Waals surface area contributed by atoms with Gasteiger partial charge in [0.05, 0.1) is 26.6 Å². The van der Waals surface area contributed by atoms with Crippen LogP contribution in [0, 0.1) is 17.0 Å². The van der Waals surface area contributed by atoms with E-state index in [0.717, 1.165) is 28.1 Å². The Bertz CT molecular complexity index is 1840. The minimum absolute atomic E-state index is 0.0381. The first-order valence-electron chi connectivity index (χ1n) is 13.7. The van der Waals surface area contributed by atoms with Gasteiger partial charge in [-0.25, -0.2) is 23.1 Å². The van der Waals surface area contributed by atoms with Crippen molar-refractivity contribution in [1.82, 2.24) is 24.1 Å². The molecule has 0 unspecified atom stereocenters. The minimum atomic E-state index is -3.83. The molecule has 2 aromatic heterocycles. The zero-order chi connectivity index (χ0) is 29.3. The Morgan fingerprint density at radius 2 is 1.55 bits per heavy atom. The Hall–Kier alpha value is -4.68. The lowest BCUT2D eigenvalue weighted by atomic mass is 10.1. The fourth-order valence-corrected chi connectivity index (χ4v) is 6.75. The molecule has 214 valence electrons. The zero-order valence-electron chi connectivity index (χ0n) is 23.0. The van der Waals surface area contributed by atoms with Gasteiger partial charge >= 0.3 is 0 Å². The van der Waals surface area contributed by atoms with Crippen molar-refractivity contribution in [3.63, 3.8) is 0 Å². The first-order chi connectivity index (χ1) is 20.3. The van der Waals surface area contributed by atoms with Crippen LogP contribution < -0.4 is 4.90 Å². The molecule has 0 saturated carbocycles. The standard InChI is InChI=1S/C30H29N7O4S/c1-22-28-29(34-17-8-18-35(20-19-34)42(40,41)26-15-13-25(14-16-26)37(38)39)31-27(21-23-9-4-2-5-10-23)32-30(28)36(33-22)24-11-6-3-7-12-24/h2-7,9-16H,8,17-21H2,1H3. The monoisotopic (exact) mass is 583 g/mol. The Balaban J connectivity index is 1.36. The molecule has 6 rings (SSSR count). The first kappa shape index (κ1) is 27.5. The molecule has 12 heteroatoms. The molecule has 3 heterocycles. The quantitative estimate of drug-likeness (QED) is 0.202. The summed E-state index contributed by atoms with van der Waals surface area (Å²) in [6.07, 6.45) is 1.12. The van der Waals surface area contributed by atoms with E-state index in [9.17, 15) is 18.5 Å². The van der Waals surface area contributed by atoms with E-state index in [1.54, 1.807) is 0 Å². The number of nitrogens with zero attached hydrogens (tertiary/aromatic N) is 7. The molecular weight excluding hydrogens is 554 g/mol. The lowest BCUT2D eigenvalue weighted by molar-refractivity contribution is -0.384. The molecule has 0 radical (unpaired) electrons. The molecule has 1 saturated heterocycles. The number of anilines is 1. The van der Waals surface area contributed by atoms with E-state index in [2.05, 4.69) is 4.90 Å². The van der Waals surface area contributed by atoms with Crippen LogP contribution in [0.1, 0.15) is 23.5 Å². The highest BCUT2D eigenvalue weighted by Gasteiger charge is 2.29. The molecule has 0 atom stereocenters. The highest BCUT2D eigenvalue weighted by Crippen LogP contribution is 2.31. The topological polar surface area (TPSA) is 127 Å². The maximum atomic E-state index is 13.4. The van der Waals surface area contributed by atoms with Crippen molar-refractivity contribution in [2.24, 2.45) is 0 Å². The van der Waals surface area contributed by atoms with Crippen molar-refractivity contribution in [2.75, 3.05) is 31.1 Å². The summed E-state index contributed by atoms with van der Waals surface area (Å²) in [7, 11) is -3.83. The number of hydrogen-bond donors (Lipinski definition) is 0. The van der Waals surface area contributed by atoms with Gasteiger partial charge < -0.3 is 4.90 Å². The normalized spacial score (nSPS) is 14.6. The van der Waals surface area contributed by atoms with Crippen LogP contribution in [0.25, 0.3) is 16.7 Å². The molecule has 5 aromatic rings. The predicted octanol–water partition coefficient (Wildman–Crippen LogP) is 4.52. The van der Waals surface area contributed by atoms with Gasteiger partial charge in [-0.2, -0.15) is 9.40 Å². The Morgan fingerprint density at radius 3 is 2.24 bits per heavy atom. The van der Waals surface area contributed by atoms with Crippen LogP contribution in [0.5, 0.6) is 0 Å². The molecule has 42 heavy (non-hydrogen) atoms. The van der Waals surface area contributed by atoms with Gasteiger partial charge in [-0.1, -0.05) is 48.5 Å². The second kappa shape index (κ2) is 11.3. The lowest BCUT2D eigenvalue weighted by Crippen LogP contribution is -2.35. The third kappa shape index (κ3) is 5.33. The molecule has 11 nitrogen and oxygen atoms in total. The molecule has 1 aliphatic heterocycles. The van der Waals surface area contributed by atoms with Gasteiger partial charge in [0.15, 0.2) is 5.65 Å². The number of para-hydroxylation sites is 1. The Labute approximate surface area is 243 Å². The van der Waals surface area contributed by atoms with Crippen molar-refractivity contribution in [3.8, 4) is 5.69 Å². The number of sulfonamides is 1. The van der Waals surface area contributed by atoms with Gasteiger partial charge in [-0.3, -0.25) is 10.1 Å². The summed E-state index contributed by atoms with van der Waals surface area (Å²) < 4.78 is 30.2. The third-order valence-electron chi connectivity index (χ3n) is 7.38. The molecule has 3 aromatic carbocycles. The van der Waals surface area contributed by atoms with Crippen LogP contribution >= 0.6 is 0 Å². The number of rotatable bonds is 7. The minimum Gasteiger partial charge on any atom is -0.355 e. The number of benzene rings is 3. The van der Waals surface area contributed by atoms with Crippen molar-refractivity contribution >= 4 is 32.6 Å². The molecule has 0 bridgehead atoms. The van der Waals surface area contributed by atoms with E-state index in [4.69, 9.17) is 15.1 Å². The van der Waals surface area contributed by atoms with Gasteiger partial charge in [0, 0.05) is 44.7 Å². The largest absolute Gasteiger partial charge is 0.355 e. The van der Waals surface area contributed by atoms with Crippen LogP contribution in [0.15, 0.2) is 89.8 Å². The summed E-state index contributed by atoms with van der Waals surface area (Å²) in [5.41, 5.74) is 3.31. The summed E-state index contributed by atoms with van der Waals surface area (Å²) in [4.78, 5) is 22.6. The van der Waals surface area contributed by atoms with Crippen LogP contribution in [0.4, 0.5) is 11.5 Å². The number of fused-ring (bicyclic) bond motifs is 1. The summed E-state index contributed by atoms with van der Waals surface area (Å²) in [5, 5.41) is 16.7. The number of nitro groups is 1. The van der Waals surface area contributed by atoms with Crippen LogP contribution in [-0.4, -0.2) is 63.6 Å². The maximum Gasteiger partial charge on any atom is 0.269 e. The molecule has 0 spiro atoms. The molecular formula is C30H29N7O4S. The second-order valence-corrected chi connectivity index (χ2v) is 12.1. The second-order valence-electron chi connectivity index (χ2n) is 10.2. The number of non-ortho nitro benzene ring substituents is 1. The number of aromatic nitrogens is 4. The highest BCUT2D eigenvalue weighted by molar-refractivity contribution is 7.89. The van der Waals surface area contributed by atoms with Gasteiger partial charge in [-0.05, 0) is 43.2 Å². The van der Waals surface area contributed by atoms with Crippen molar-refractivity contribution in [1.29, 1.82) is 0 Å². The Kier molecular flexibility index (Phi) is 7.40. The van der Waals surface area contributed by atoms with E-state index < -0.39 is 14.9 Å². The van der Waals surface area contributed by atoms with Crippen molar-refractivity contribution < 1.29 is 13.3 Å². The van der Waals surface area contributed by atoms with E-state index in [0.29, 0.717) is 43.9 Å². The summed E-state index contributed by atoms with van der Waals surface area (Å²) >= 11 is 0. The lowest BCUT2D eigenvalue weighted by Gasteiger charge is -2.24. The fraction of sp³-hybridized carbons (Fsp3) is 0.233. The smallest absolute Gasteiger partial charge is 0.269 e. The van der Waals surface area contributed by atoms with Gasteiger partial charge in [0.25, 0.3) is 5.69 Å². The summed E-state index contributed by atoms with van der Waals surface area (Å²) in [6, 6.07) is 24.9. The predicted molar refractivity (Wildman–Crippen MR) is 159 cm³/mol. The highest BCUT2D eigenvalue weighted by atomic mass is 32.2. The SMILES string of the molecule is Cc1nn(-c2ccccc2)c2nc(Cc3ccccc3)nc(N3CCCN(S(=O)(=O)c4ccc([N+](=O)[O-])cc4)CC3)c12. The average Bonchev–Trinajstić information content (AvgIpc) is 3.16. The van der Waals surface area contributed by atoms with E-state index >= 15 is 0 Å². The van der Waals surface area contributed by atoms with Crippen molar-refractivity contribution in [2.45, 2.75) is 24.7 Å². The molecule has 0 N–H and O–H groups in total. The van der Waals surface area contributed by atoms with Crippen LogP contribution in [-0.2, 0) is 16.4 Å². The van der Waals surface area contributed by atoms with Gasteiger partial charge in [0.1, 0.15) is 11.6 Å². The summed E-state index contributed by atoms with van der Waals surface area (Å²) in [6.45, 7) is 3.51. The third-order valence-corrected chi connectivity index (χ3v) is 9.29. The zero-order valence-corrected chi connectivity index (χ0v) is 23.8. The van der Waals surface area contributed by atoms with E-state index in [1.807, 2.05) is 72.3 Å². The average molecular weight is 584 g/mol. The van der Waals surface area contributed by atoms with Crippen molar-refractivity contribution in [3.05, 3.63) is 112 Å². The molecule has 1 fully saturated rings. The maximum absolute atomic E-state index is 13.4. The molecule has 0 aliphatic carbocycles. The Morgan fingerprint density at radius 1 is 0.857 bits per heavy atom. The number of hydrogen-bond acceptors (Lipinski definition) is 8. The van der Waals surface area contributed by atoms with Gasteiger partial charge in [-0.15, -0.1) is 0 Å². The number of aryl methyl sites for hydroxylation is 1. The fourth-order valence-electron chi connectivity index (χ4n) is 5.28. The van der Waals surface area contributed by atoms with E-state index in [1.165, 1.54) is 28.6 Å². The van der Waals surface area contributed by atoms with Crippen LogP contribution in [0.3, 0.4) is 0 Å².